The first-order valence-electron chi connectivity index (χ1n) is 7.98. The fourth-order valence-electron chi connectivity index (χ4n) is 3.00. The van der Waals surface area contributed by atoms with Crippen LogP contribution >= 0.6 is 0 Å². The second-order valence-electron chi connectivity index (χ2n) is 6.09. The number of methoxy groups -OCH3 is 1. The van der Waals surface area contributed by atoms with Gasteiger partial charge in [0.1, 0.15) is 17.9 Å². The van der Waals surface area contributed by atoms with E-state index in [-0.39, 0.29) is 0 Å². The molecule has 0 spiro atoms. The van der Waals surface area contributed by atoms with Gasteiger partial charge in [-0.25, -0.2) is 8.42 Å². The number of hydrogen-bond acceptors (Lipinski definition) is 5. The standard InChI is InChI=1S/C16H22N4O3S/c1-19-12-17-18-16(19)11-13-7-9-20(10-8-13)24(21,22)15-5-3-14(23-2)4-6-15/h3-6,12-13H,7-11H2,1-2H3. The number of rotatable bonds is 5. The smallest absolute Gasteiger partial charge is 0.243 e. The summed E-state index contributed by atoms with van der Waals surface area (Å²) in [6.45, 7) is 1.08. The lowest BCUT2D eigenvalue weighted by Gasteiger charge is -2.31. The summed E-state index contributed by atoms with van der Waals surface area (Å²) in [4.78, 5) is 0.315. The number of nitrogens with zero attached hydrogens (tertiary/aromatic N) is 4. The summed E-state index contributed by atoms with van der Waals surface area (Å²) in [5, 5.41) is 8.00. The first-order chi connectivity index (χ1) is 11.5. The van der Waals surface area contributed by atoms with E-state index >= 15 is 0 Å². The van der Waals surface area contributed by atoms with Crippen LogP contribution in [-0.4, -0.2) is 47.7 Å². The van der Waals surface area contributed by atoms with Crippen LogP contribution in [-0.2, 0) is 23.5 Å². The van der Waals surface area contributed by atoms with Gasteiger partial charge < -0.3 is 9.30 Å². The van der Waals surface area contributed by atoms with Gasteiger partial charge in [0.25, 0.3) is 0 Å². The van der Waals surface area contributed by atoms with Crippen molar-refractivity contribution in [3.63, 3.8) is 0 Å². The highest BCUT2D eigenvalue weighted by atomic mass is 32.2. The highest BCUT2D eigenvalue weighted by Crippen LogP contribution is 2.26. The van der Waals surface area contributed by atoms with Gasteiger partial charge in [0.2, 0.25) is 10.0 Å². The van der Waals surface area contributed by atoms with Gasteiger partial charge in [-0.1, -0.05) is 0 Å². The predicted octanol–water partition coefficient (Wildman–Crippen LogP) is 1.47. The molecule has 0 unspecified atom stereocenters. The molecule has 0 atom stereocenters. The van der Waals surface area contributed by atoms with Crippen molar-refractivity contribution in [2.24, 2.45) is 13.0 Å². The predicted molar refractivity (Wildman–Crippen MR) is 89.2 cm³/mol. The average molecular weight is 350 g/mol. The van der Waals surface area contributed by atoms with E-state index in [1.54, 1.807) is 42.0 Å². The Morgan fingerprint density at radius 2 is 1.88 bits per heavy atom. The molecule has 0 N–H and O–H groups in total. The van der Waals surface area contributed by atoms with Gasteiger partial charge in [-0.3, -0.25) is 0 Å². The largest absolute Gasteiger partial charge is 0.497 e. The Balaban J connectivity index is 1.63. The molecule has 2 aromatic rings. The van der Waals surface area contributed by atoms with Crippen LogP contribution in [0.25, 0.3) is 0 Å². The summed E-state index contributed by atoms with van der Waals surface area (Å²) in [6, 6.07) is 6.54. The SMILES string of the molecule is COc1ccc(S(=O)(=O)N2CCC(Cc3nncn3C)CC2)cc1. The number of benzene rings is 1. The van der Waals surface area contributed by atoms with Crippen LogP contribution in [0.1, 0.15) is 18.7 Å². The molecular formula is C16H22N4O3S. The molecule has 1 aromatic carbocycles. The normalized spacial score (nSPS) is 17.1. The Hall–Kier alpha value is -1.93. The van der Waals surface area contributed by atoms with Crippen LogP contribution in [0.15, 0.2) is 35.5 Å². The second kappa shape index (κ2) is 6.90. The van der Waals surface area contributed by atoms with Crippen LogP contribution in [0.4, 0.5) is 0 Å². The molecular weight excluding hydrogens is 328 g/mol. The van der Waals surface area contributed by atoms with Gasteiger partial charge in [0.05, 0.1) is 12.0 Å². The van der Waals surface area contributed by atoms with E-state index in [4.69, 9.17) is 4.74 Å². The highest BCUT2D eigenvalue weighted by molar-refractivity contribution is 7.89. The Kier molecular flexibility index (Phi) is 4.86. The van der Waals surface area contributed by atoms with Crippen molar-refractivity contribution >= 4 is 10.0 Å². The molecule has 7 nitrogen and oxygen atoms in total. The van der Waals surface area contributed by atoms with Crippen LogP contribution in [0, 0.1) is 5.92 Å². The lowest BCUT2D eigenvalue weighted by atomic mass is 9.94. The van der Waals surface area contributed by atoms with Gasteiger partial charge >= 0.3 is 0 Å². The topological polar surface area (TPSA) is 77.3 Å². The summed E-state index contributed by atoms with van der Waals surface area (Å²) < 4.78 is 34.0. The van der Waals surface area contributed by atoms with Crippen molar-refractivity contribution in [3.05, 3.63) is 36.4 Å². The molecule has 3 rings (SSSR count). The van der Waals surface area contributed by atoms with Crippen molar-refractivity contribution in [1.82, 2.24) is 19.1 Å². The molecule has 24 heavy (non-hydrogen) atoms. The van der Waals surface area contributed by atoms with Gasteiger partial charge in [-0.05, 0) is 43.0 Å². The third-order valence-electron chi connectivity index (χ3n) is 4.55. The number of sulfonamides is 1. The zero-order chi connectivity index (χ0) is 17.2. The maximum atomic E-state index is 12.7. The average Bonchev–Trinajstić information content (AvgIpc) is 3.00. The Morgan fingerprint density at radius 3 is 2.42 bits per heavy atom. The first kappa shape index (κ1) is 16.9. The number of ether oxygens (including phenoxy) is 1. The van der Waals surface area contributed by atoms with Crippen molar-refractivity contribution < 1.29 is 13.2 Å². The van der Waals surface area contributed by atoms with E-state index in [0.29, 0.717) is 29.7 Å². The minimum absolute atomic E-state index is 0.315. The fraction of sp³-hybridized carbons (Fsp3) is 0.500. The number of hydrogen-bond donors (Lipinski definition) is 0. The van der Waals surface area contributed by atoms with Gasteiger partial charge in [0.15, 0.2) is 0 Å². The number of aromatic nitrogens is 3. The Labute approximate surface area is 142 Å². The van der Waals surface area contributed by atoms with Crippen LogP contribution in [0.2, 0.25) is 0 Å². The van der Waals surface area contributed by atoms with E-state index in [9.17, 15) is 8.42 Å². The van der Waals surface area contributed by atoms with E-state index < -0.39 is 10.0 Å². The van der Waals surface area contributed by atoms with E-state index in [1.807, 2.05) is 11.6 Å². The van der Waals surface area contributed by atoms with E-state index in [0.717, 1.165) is 25.1 Å². The zero-order valence-corrected chi connectivity index (χ0v) is 14.7. The van der Waals surface area contributed by atoms with Crippen LogP contribution in [0.5, 0.6) is 5.75 Å². The molecule has 0 amide bonds. The summed E-state index contributed by atoms with van der Waals surface area (Å²) >= 11 is 0. The fourth-order valence-corrected chi connectivity index (χ4v) is 4.47. The molecule has 1 fully saturated rings. The Morgan fingerprint density at radius 1 is 1.21 bits per heavy atom. The maximum Gasteiger partial charge on any atom is 0.243 e. The van der Waals surface area contributed by atoms with E-state index in [2.05, 4.69) is 10.2 Å². The first-order valence-corrected chi connectivity index (χ1v) is 9.42. The third-order valence-corrected chi connectivity index (χ3v) is 6.46. The zero-order valence-electron chi connectivity index (χ0n) is 13.9. The van der Waals surface area contributed by atoms with Crippen LogP contribution < -0.4 is 4.74 Å². The molecule has 1 aromatic heterocycles. The molecule has 2 heterocycles. The van der Waals surface area contributed by atoms with E-state index in [1.165, 1.54) is 0 Å². The minimum Gasteiger partial charge on any atom is -0.497 e. The molecule has 0 bridgehead atoms. The molecule has 1 aliphatic heterocycles. The molecule has 0 saturated carbocycles. The maximum absolute atomic E-state index is 12.7. The highest BCUT2D eigenvalue weighted by Gasteiger charge is 2.29. The molecule has 8 heteroatoms. The van der Waals surface area contributed by atoms with Crippen molar-refractivity contribution in [3.8, 4) is 5.75 Å². The Bertz CT molecular complexity index is 778. The summed E-state index contributed by atoms with van der Waals surface area (Å²) in [5.41, 5.74) is 0. The quantitative estimate of drug-likeness (QED) is 0.816. The second-order valence-corrected chi connectivity index (χ2v) is 8.02. The summed E-state index contributed by atoms with van der Waals surface area (Å²) in [7, 11) is 0.0540. The third kappa shape index (κ3) is 3.44. The molecule has 0 radical (unpaired) electrons. The van der Waals surface area contributed by atoms with Gasteiger partial charge in [-0.2, -0.15) is 4.31 Å². The van der Waals surface area contributed by atoms with Crippen LogP contribution in [0.3, 0.4) is 0 Å². The van der Waals surface area contributed by atoms with Gasteiger partial charge in [0, 0.05) is 26.6 Å². The summed E-state index contributed by atoms with van der Waals surface area (Å²) in [6.07, 6.45) is 4.20. The van der Waals surface area contributed by atoms with Crippen molar-refractivity contribution in [1.29, 1.82) is 0 Å². The molecule has 1 saturated heterocycles. The lowest BCUT2D eigenvalue weighted by Crippen LogP contribution is -2.39. The molecule has 0 aliphatic carbocycles. The molecule has 130 valence electrons. The summed E-state index contributed by atoms with van der Waals surface area (Å²) in [5.74, 6) is 2.04. The van der Waals surface area contributed by atoms with Crippen molar-refractivity contribution in [2.45, 2.75) is 24.2 Å². The number of aryl methyl sites for hydroxylation is 1. The lowest BCUT2D eigenvalue weighted by molar-refractivity contribution is 0.269. The minimum atomic E-state index is -3.44. The van der Waals surface area contributed by atoms with Crippen molar-refractivity contribution in [2.75, 3.05) is 20.2 Å². The monoisotopic (exact) mass is 350 g/mol. The van der Waals surface area contributed by atoms with Gasteiger partial charge in [-0.15, -0.1) is 10.2 Å². The molecule has 1 aliphatic rings. The number of piperidine rings is 1.